The zero-order valence-electron chi connectivity index (χ0n) is 17.0. The summed E-state index contributed by atoms with van der Waals surface area (Å²) in [5, 5.41) is 20.9. The van der Waals surface area contributed by atoms with E-state index in [0.717, 1.165) is 30.9 Å². The number of fused-ring (bicyclic) bond motifs is 1. The van der Waals surface area contributed by atoms with Gasteiger partial charge in [-0.05, 0) is 39.1 Å². The number of hydrogen-bond donors (Lipinski definition) is 3. The lowest BCUT2D eigenvalue weighted by molar-refractivity contribution is -0.121. The molecule has 1 fully saturated rings. The fraction of sp³-hybridized carbons (Fsp3) is 0.421. The molecule has 3 N–H and O–H groups in total. The molecule has 0 bridgehead atoms. The van der Waals surface area contributed by atoms with Crippen LogP contribution in [0.15, 0.2) is 30.7 Å². The van der Waals surface area contributed by atoms with E-state index in [-0.39, 0.29) is 12.5 Å². The SMILES string of the molecule is CN(C)CCNC(=O)Cn1cc(NC(=O)Nc2ccc3nnc(C4CC4)n3c2)cn1. The van der Waals surface area contributed by atoms with Crippen molar-refractivity contribution < 1.29 is 9.59 Å². The van der Waals surface area contributed by atoms with Gasteiger partial charge in [-0.25, -0.2) is 4.79 Å². The average Bonchev–Trinajstić information content (AvgIpc) is 3.30. The van der Waals surface area contributed by atoms with Gasteiger partial charge in [-0.2, -0.15) is 5.10 Å². The third-order valence-electron chi connectivity index (χ3n) is 4.71. The number of rotatable bonds is 8. The van der Waals surface area contributed by atoms with E-state index >= 15 is 0 Å². The minimum atomic E-state index is -0.398. The summed E-state index contributed by atoms with van der Waals surface area (Å²) >= 11 is 0. The Morgan fingerprint density at radius 3 is 2.70 bits per heavy atom. The van der Waals surface area contributed by atoms with Gasteiger partial charge >= 0.3 is 6.03 Å². The maximum atomic E-state index is 12.3. The van der Waals surface area contributed by atoms with E-state index in [1.807, 2.05) is 35.7 Å². The van der Waals surface area contributed by atoms with Crippen molar-refractivity contribution in [1.82, 2.24) is 34.6 Å². The van der Waals surface area contributed by atoms with Crippen LogP contribution in [0.1, 0.15) is 24.6 Å². The second-order valence-electron chi connectivity index (χ2n) is 7.64. The van der Waals surface area contributed by atoms with E-state index in [1.54, 1.807) is 12.3 Å². The number of aromatic nitrogens is 5. The molecule has 4 rings (SSSR count). The summed E-state index contributed by atoms with van der Waals surface area (Å²) in [5.74, 6) is 1.25. The van der Waals surface area contributed by atoms with Crippen LogP contribution >= 0.6 is 0 Å². The Kier molecular flexibility index (Phi) is 5.61. The number of pyridine rings is 1. The predicted octanol–water partition coefficient (Wildman–Crippen LogP) is 1.12. The third kappa shape index (κ3) is 4.92. The summed E-state index contributed by atoms with van der Waals surface area (Å²) in [6.07, 6.45) is 7.18. The lowest BCUT2D eigenvalue weighted by Gasteiger charge is -2.10. The van der Waals surface area contributed by atoms with Gasteiger partial charge < -0.3 is 20.9 Å². The lowest BCUT2D eigenvalue weighted by Crippen LogP contribution is -2.33. The van der Waals surface area contributed by atoms with Gasteiger partial charge in [0.25, 0.3) is 0 Å². The number of nitrogens with one attached hydrogen (secondary N) is 3. The summed E-state index contributed by atoms with van der Waals surface area (Å²) < 4.78 is 3.39. The summed E-state index contributed by atoms with van der Waals surface area (Å²) in [6, 6.07) is 3.20. The summed E-state index contributed by atoms with van der Waals surface area (Å²) in [4.78, 5) is 26.3. The van der Waals surface area contributed by atoms with E-state index in [4.69, 9.17) is 0 Å². The molecule has 11 nitrogen and oxygen atoms in total. The van der Waals surface area contributed by atoms with Crippen LogP contribution in [0.3, 0.4) is 0 Å². The van der Waals surface area contributed by atoms with Gasteiger partial charge in [-0.1, -0.05) is 0 Å². The topological polar surface area (TPSA) is 121 Å². The van der Waals surface area contributed by atoms with Gasteiger partial charge in [-0.3, -0.25) is 13.9 Å². The Hall–Kier alpha value is -3.47. The van der Waals surface area contributed by atoms with Crippen molar-refractivity contribution >= 4 is 29.0 Å². The van der Waals surface area contributed by atoms with Crippen molar-refractivity contribution in [3.63, 3.8) is 0 Å². The van der Waals surface area contributed by atoms with Crippen molar-refractivity contribution in [3.05, 3.63) is 36.5 Å². The van der Waals surface area contributed by atoms with Crippen molar-refractivity contribution in [2.45, 2.75) is 25.3 Å². The smallest absolute Gasteiger partial charge is 0.323 e. The Bertz CT molecular complexity index is 1050. The van der Waals surface area contributed by atoms with Crippen LogP contribution in [-0.2, 0) is 11.3 Å². The second kappa shape index (κ2) is 8.49. The number of carbonyl (C=O) groups is 2. The minimum Gasteiger partial charge on any atom is -0.353 e. The molecule has 0 radical (unpaired) electrons. The van der Waals surface area contributed by atoms with Crippen LogP contribution in [0.2, 0.25) is 0 Å². The van der Waals surface area contributed by atoms with Crippen LogP contribution in [0.4, 0.5) is 16.2 Å². The Balaban J connectivity index is 1.31. The Morgan fingerprint density at radius 1 is 1.13 bits per heavy atom. The first-order valence-corrected chi connectivity index (χ1v) is 9.84. The van der Waals surface area contributed by atoms with E-state index in [0.29, 0.717) is 23.8 Å². The minimum absolute atomic E-state index is 0.0883. The van der Waals surface area contributed by atoms with Crippen LogP contribution in [0, 0.1) is 0 Å². The molecule has 0 saturated heterocycles. The zero-order chi connectivity index (χ0) is 21.1. The first-order chi connectivity index (χ1) is 14.5. The monoisotopic (exact) mass is 411 g/mol. The standard InChI is InChI=1S/C19H25N9O2/c1-26(2)8-7-20-17(29)12-27-10-15(9-21-27)23-19(30)22-14-5-6-16-24-25-18(13-3-4-13)28(16)11-14/h5-6,9-11,13H,3-4,7-8,12H2,1-2H3,(H,20,29)(H2,22,23,30). The quantitative estimate of drug-likeness (QED) is 0.511. The second-order valence-corrected chi connectivity index (χ2v) is 7.64. The molecule has 0 atom stereocenters. The van der Waals surface area contributed by atoms with Crippen molar-refractivity contribution in [3.8, 4) is 0 Å². The summed E-state index contributed by atoms with van der Waals surface area (Å²) in [5.41, 5.74) is 1.89. The highest BCUT2D eigenvalue weighted by molar-refractivity contribution is 5.99. The number of hydrogen-bond acceptors (Lipinski definition) is 6. The van der Waals surface area contributed by atoms with E-state index < -0.39 is 6.03 Å². The molecule has 30 heavy (non-hydrogen) atoms. The molecule has 3 aromatic rings. The molecular weight excluding hydrogens is 386 g/mol. The normalized spacial score (nSPS) is 13.6. The summed E-state index contributed by atoms with van der Waals surface area (Å²) in [6.45, 7) is 1.42. The number of likely N-dealkylation sites (N-methyl/N-ethyl adjacent to an activating group) is 1. The predicted molar refractivity (Wildman–Crippen MR) is 111 cm³/mol. The maximum Gasteiger partial charge on any atom is 0.323 e. The van der Waals surface area contributed by atoms with E-state index in [2.05, 4.69) is 31.2 Å². The van der Waals surface area contributed by atoms with Gasteiger partial charge in [0.15, 0.2) is 5.65 Å². The molecule has 0 aromatic carbocycles. The highest BCUT2D eigenvalue weighted by atomic mass is 16.2. The van der Waals surface area contributed by atoms with E-state index in [9.17, 15) is 9.59 Å². The molecule has 0 unspecified atom stereocenters. The number of nitrogens with zero attached hydrogens (tertiary/aromatic N) is 6. The maximum absolute atomic E-state index is 12.3. The van der Waals surface area contributed by atoms with Crippen LogP contribution in [-0.4, -0.2) is 68.4 Å². The number of anilines is 2. The van der Waals surface area contributed by atoms with Gasteiger partial charge in [0.2, 0.25) is 5.91 Å². The van der Waals surface area contributed by atoms with Gasteiger partial charge in [-0.15, -0.1) is 10.2 Å². The highest BCUT2D eigenvalue weighted by Gasteiger charge is 2.28. The first kappa shape index (κ1) is 19.8. The first-order valence-electron chi connectivity index (χ1n) is 9.84. The van der Waals surface area contributed by atoms with Gasteiger partial charge in [0, 0.05) is 31.4 Å². The zero-order valence-corrected chi connectivity index (χ0v) is 17.0. The van der Waals surface area contributed by atoms with Crippen LogP contribution in [0.5, 0.6) is 0 Å². The molecule has 11 heteroatoms. The highest BCUT2D eigenvalue weighted by Crippen LogP contribution is 2.39. The molecule has 0 aliphatic heterocycles. The molecule has 1 aliphatic carbocycles. The van der Waals surface area contributed by atoms with E-state index in [1.165, 1.54) is 10.9 Å². The number of amides is 3. The molecule has 0 spiro atoms. The lowest BCUT2D eigenvalue weighted by atomic mass is 10.3. The number of carbonyl (C=O) groups excluding carboxylic acids is 2. The van der Waals surface area contributed by atoms with Crippen molar-refractivity contribution in [2.75, 3.05) is 37.8 Å². The molecule has 3 aromatic heterocycles. The average molecular weight is 411 g/mol. The fourth-order valence-electron chi connectivity index (χ4n) is 3.03. The fourth-order valence-corrected chi connectivity index (χ4v) is 3.03. The Labute approximate surface area is 173 Å². The van der Waals surface area contributed by atoms with Crippen molar-refractivity contribution in [2.24, 2.45) is 0 Å². The Morgan fingerprint density at radius 2 is 1.93 bits per heavy atom. The van der Waals surface area contributed by atoms with Crippen molar-refractivity contribution in [1.29, 1.82) is 0 Å². The molecular formula is C19H25N9O2. The molecule has 158 valence electrons. The van der Waals surface area contributed by atoms with Crippen LogP contribution < -0.4 is 16.0 Å². The summed E-state index contributed by atoms with van der Waals surface area (Å²) in [7, 11) is 3.89. The van der Waals surface area contributed by atoms with Gasteiger partial charge in [0.1, 0.15) is 12.4 Å². The van der Waals surface area contributed by atoms with Gasteiger partial charge in [0.05, 0.1) is 17.6 Å². The number of urea groups is 1. The molecule has 3 heterocycles. The molecule has 3 amide bonds. The third-order valence-corrected chi connectivity index (χ3v) is 4.71. The molecule has 1 aliphatic rings. The van der Waals surface area contributed by atoms with Crippen LogP contribution in [0.25, 0.3) is 5.65 Å². The molecule has 1 saturated carbocycles. The largest absolute Gasteiger partial charge is 0.353 e.